The molecule has 0 fully saturated rings. The molecular weight excluding hydrogens is 446 g/mol. The number of hydrogen-bond acceptors (Lipinski definition) is 5. The number of carboxylic acids is 1. The molecule has 0 radical (unpaired) electrons. The van der Waals surface area contributed by atoms with Gasteiger partial charge >= 0.3 is 5.97 Å². The molecule has 2 aromatic carbocycles. The molecule has 0 bridgehead atoms. The molecule has 0 saturated carbocycles. The smallest absolute Gasteiger partial charge is 0.304 e. The van der Waals surface area contributed by atoms with Gasteiger partial charge in [0.25, 0.3) is 0 Å². The van der Waals surface area contributed by atoms with Crippen LogP contribution in [0.5, 0.6) is 5.75 Å². The van der Waals surface area contributed by atoms with Crippen LogP contribution < -0.4 is 4.74 Å². The fraction of sp³-hybridized carbons (Fsp3) is 0.360. The van der Waals surface area contributed by atoms with Crippen LogP contribution in [0.3, 0.4) is 0 Å². The predicted octanol–water partition coefficient (Wildman–Crippen LogP) is 6.09. The minimum Gasteiger partial charge on any atom is -0.496 e. The Morgan fingerprint density at radius 3 is 2.59 bits per heavy atom. The maximum atomic E-state index is 11.6. The fourth-order valence-corrected chi connectivity index (χ4v) is 4.76. The molecule has 1 unspecified atom stereocenters. The van der Waals surface area contributed by atoms with E-state index in [-0.39, 0.29) is 6.42 Å². The zero-order chi connectivity index (χ0) is 23.5. The molecule has 0 aliphatic carbocycles. The van der Waals surface area contributed by atoms with Crippen LogP contribution in [-0.4, -0.2) is 33.9 Å². The Kier molecular flexibility index (Phi) is 7.59. The first-order valence-electron chi connectivity index (χ1n) is 10.4. The summed E-state index contributed by atoms with van der Waals surface area (Å²) in [4.78, 5) is 17.1. The van der Waals surface area contributed by atoms with Crippen molar-refractivity contribution in [3.05, 3.63) is 68.6 Å². The number of aliphatic carboxylic acids is 1. The van der Waals surface area contributed by atoms with Crippen molar-refractivity contribution < 1.29 is 19.7 Å². The van der Waals surface area contributed by atoms with Crippen LogP contribution in [-0.2, 0) is 11.2 Å². The molecule has 170 valence electrons. The maximum Gasteiger partial charge on any atom is 0.304 e. The lowest BCUT2D eigenvalue weighted by Gasteiger charge is -2.18. The standard InChI is InChI=1S/C25H28ClNO4S/c1-15-14-27-24(32-15)21(13-23(28)29)18-10-17(11-19(26)12-18)20-9-16(5-6-22(20)31-4)7-8-25(2,3)30/h5-6,9-12,14,21,30H,7-8,13H2,1-4H3,(H,28,29). The minimum atomic E-state index is -0.893. The van der Waals surface area contributed by atoms with Crippen molar-refractivity contribution in [1.82, 2.24) is 4.98 Å². The second kappa shape index (κ2) is 10.0. The Hall–Kier alpha value is -2.41. The van der Waals surface area contributed by atoms with Crippen molar-refractivity contribution >= 4 is 28.9 Å². The molecule has 2 N–H and O–H groups in total. The van der Waals surface area contributed by atoms with Crippen LogP contribution in [0.2, 0.25) is 5.02 Å². The highest BCUT2D eigenvalue weighted by molar-refractivity contribution is 7.11. The van der Waals surface area contributed by atoms with E-state index in [2.05, 4.69) is 4.98 Å². The molecule has 0 aliphatic heterocycles. The third-order valence-corrected chi connectivity index (χ3v) is 6.48. The molecule has 0 aliphatic rings. The van der Waals surface area contributed by atoms with Gasteiger partial charge in [0.15, 0.2) is 0 Å². The molecular formula is C25H28ClNO4S. The molecule has 0 spiro atoms. The molecule has 7 heteroatoms. The number of hydrogen-bond donors (Lipinski definition) is 2. The summed E-state index contributed by atoms with van der Waals surface area (Å²) >= 11 is 7.98. The summed E-state index contributed by atoms with van der Waals surface area (Å²) in [6, 6.07) is 11.6. The van der Waals surface area contributed by atoms with Crippen LogP contribution in [0.4, 0.5) is 0 Å². The number of thiazole rings is 1. The quantitative estimate of drug-likeness (QED) is 0.393. The zero-order valence-electron chi connectivity index (χ0n) is 18.7. The van der Waals surface area contributed by atoms with Crippen molar-refractivity contribution in [2.75, 3.05) is 7.11 Å². The molecule has 0 amide bonds. The summed E-state index contributed by atoms with van der Waals surface area (Å²) < 4.78 is 5.60. The van der Waals surface area contributed by atoms with Gasteiger partial charge in [0.1, 0.15) is 10.8 Å². The van der Waals surface area contributed by atoms with Gasteiger partial charge in [0.2, 0.25) is 0 Å². The molecule has 1 atom stereocenters. The van der Waals surface area contributed by atoms with E-state index >= 15 is 0 Å². The molecule has 32 heavy (non-hydrogen) atoms. The van der Waals surface area contributed by atoms with Crippen LogP contribution in [0.25, 0.3) is 11.1 Å². The summed E-state index contributed by atoms with van der Waals surface area (Å²) in [7, 11) is 1.62. The number of aromatic nitrogens is 1. The van der Waals surface area contributed by atoms with E-state index in [1.54, 1.807) is 33.2 Å². The van der Waals surface area contributed by atoms with E-state index in [0.717, 1.165) is 32.1 Å². The Bertz CT molecular complexity index is 1100. The Balaban J connectivity index is 2.06. The number of rotatable bonds is 9. The Morgan fingerprint density at radius 2 is 2.00 bits per heavy atom. The number of aryl methyl sites for hydroxylation is 2. The summed E-state index contributed by atoms with van der Waals surface area (Å²) in [6.07, 6.45) is 3.03. The van der Waals surface area contributed by atoms with Crippen molar-refractivity contribution in [3.63, 3.8) is 0 Å². The van der Waals surface area contributed by atoms with Crippen molar-refractivity contribution in [2.45, 2.75) is 51.6 Å². The lowest BCUT2D eigenvalue weighted by Crippen LogP contribution is -2.19. The number of carbonyl (C=O) groups is 1. The first-order valence-corrected chi connectivity index (χ1v) is 11.6. The second-order valence-corrected chi connectivity index (χ2v) is 10.3. The van der Waals surface area contributed by atoms with E-state index in [0.29, 0.717) is 23.6 Å². The third kappa shape index (κ3) is 6.31. The lowest BCUT2D eigenvalue weighted by molar-refractivity contribution is -0.137. The second-order valence-electron chi connectivity index (χ2n) is 8.58. The highest BCUT2D eigenvalue weighted by Crippen LogP contribution is 2.38. The normalized spacial score (nSPS) is 12.6. The zero-order valence-corrected chi connectivity index (χ0v) is 20.3. The minimum absolute atomic E-state index is 0.0739. The SMILES string of the molecule is COc1ccc(CCC(C)(C)O)cc1-c1cc(Cl)cc(C(CC(=O)O)c2ncc(C)s2)c1. The molecule has 3 aromatic rings. The number of halogens is 1. The van der Waals surface area contributed by atoms with Crippen molar-refractivity contribution in [1.29, 1.82) is 0 Å². The van der Waals surface area contributed by atoms with Gasteiger partial charge in [-0.3, -0.25) is 4.79 Å². The number of benzene rings is 2. The van der Waals surface area contributed by atoms with Gasteiger partial charge in [-0.15, -0.1) is 11.3 Å². The molecule has 5 nitrogen and oxygen atoms in total. The van der Waals surface area contributed by atoms with Gasteiger partial charge in [0.05, 0.1) is 19.1 Å². The summed E-state index contributed by atoms with van der Waals surface area (Å²) in [5, 5.41) is 20.9. The highest BCUT2D eigenvalue weighted by Gasteiger charge is 2.23. The first kappa shape index (κ1) is 24.2. The number of methoxy groups -OCH3 is 1. The molecule has 3 rings (SSSR count). The predicted molar refractivity (Wildman–Crippen MR) is 129 cm³/mol. The average Bonchev–Trinajstić information content (AvgIpc) is 3.15. The summed E-state index contributed by atoms with van der Waals surface area (Å²) in [5.74, 6) is -0.589. The van der Waals surface area contributed by atoms with E-state index in [1.807, 2.05) is 37.3 Å². The topological polar surface area (TPSA) is 79.7 Å². The number of carboxylic acid groups (broad SMARTS) is 1. The average molecular weight is 474 g/mol. The van der Waals surface area contributed by atoms with Crippen LogP contribution in [0.1, 0.15) is 53.6 Å². The van der Waals surface area contributed by atoms with Crippen LogP contribution >= 0.6 is 22.9 Å². The first-order chi connectivity index (χ1) is 15.1. The Labute approximate surface area is 197 Å². The van der Waals surface area contributed by atoms with Gasteiger partial charge in [-0.2, -0.15) is 0 Å². The van der Waals surface area contributed by atoms with Crippen LogP contribution in [0, 0.1) is 6.92 Å². The maximum absolute atomic E-state index is 11.6. The number of ether oxygens (including phenoxy) is 1. The van der Waals surface area contributed by atoms with Gasteiger partial charge in [-0.05, 0) is 74.6 Å². The Morgan fingerprint density at radius 1 is 1.25 bits per heavy atom. The summed E-state index contributed by atoms with van der Waals surface area (Å²) in [6.45, 7) is 5.54. The van der Waals surface area contributed by atoms with Gasteiger partial charge in [-0.1, -0.05) is 23.7 Å². The van der Waals surface area contributed by atoms with Gasteiger partial charge < -0.3 is 14.9 Å². The largest absolute Gasteiger partial charge is 0.496 e. The van der Waals surface area contributed by atoms with Gasteiger partial charge in [-0.25, -0.2) is 4.98 Å². The van der Waals surface area contributed by atoms with E-state index in [1.165, 1.54) is 11.3 Å². The van der Waals surface area contributed by atoms with Crippen molar-refractivity contribution in [3.8, 4) is 16.9 Å². The van der Waals surface area contributed by atoms with Crippen LogP contribution in [0.15, 0.2) is 42.6 Å². The highest BCUT2D eigenvalue weighted by atomic mass is 35.5. The van der Waals surface area contributed by atoms with E-state index in [4.69, 9.17) is 16.3 Å². The van der Waals surface area contributed by atoms with Crippen molar-refractivity contribution in [2.24, 2.45) is 0 Å². The molecule has 0 saturated heterocycles. The van der Waals surface area contributed by atoms with Gasteiger partial charge in [0, 0.05) is 27.6 Å². The molecule has 1 heterocycles. The summed E-state index contributed by atoms with van der Waals surface area (Å²) in [5.41, 5.74) is 2.83. The third-order valence-electron chi connectivity index (χ3n) is 5.24. The monoisotopic (exact) mass is 473 g/mol. The fourth-order valence-electron chi connectivity index (χ4n) is 3.61. The van der Waals surface area contributed by atoms with E-state index < -0.39 is 17.5 Å². The molecule has 1 aromatic heterocycles. The lowest BCUT2D eigenvalue weighted by atomic mass is 9.91. The number of nitrogens with zero attached hydrogens (tertiary/aromatic N) is 1. The number of aliphatic hydroxyl groups is 1. The van der Waals surface area contributed by atoms with E-state index in [9.17, 15) is 15.0 Å².